The molecule has 0 saturated carbocycles. The van der Waals surface area contributed by atoms with Gasteiger partial charge in [-0.1, -0.05) is 26.0 Å². The number of ether oxygens (including phenoxy) is 1. The Hall–Kier alpha value is -2.43. The molecule has 1 aromatic rings. The van der Waals surface area contributed by atoms with E-state index in [2.05, 4.69) is 21.2 Å². The first-order chi connectivity index (χ1) is 13.9. The number of nitrogens with one attached hydrogen (secondary N) is 1. The summed E-state index contributed by atoms with van der Waals surface area (Å²) >= 11 is 0. The summed E-state index contributed by atoms with van der Waals surface area (Å²) in [5.74, 6) is -0.244. The molecule has 1 aromatic carbocycles. The number of rotatable bonds is 8. The zero-order valence-electron chi connectivity index (χ0n) is 17.7. The van der Waals surface area contributed by atoms with Gasteiger partial charge in [-0.25, -0.2) is 4.79 Å². The molecule has 29 heavy (non-hydrogen) atoms. The van der Waals surface area contributed by atoms with E-state index in [1.165, 1.54) is 12.7 Å². The number of nitriles is 1. The third-order valence-corrected chi connectivity index (χ3v) is 5.07. The Balaban J connectivity index is 1.82. The van der Waals surface area contributed by atoms with Crippen molar-refractivity contribution in [2.75, 3.05) is 39.8 Å². The lowest BCUT2D eigenvalue weighted by molar-refractivity contribution is -0.145. The van der Waals surface area contributed by atoms with Gasteiger partial charge >= 0.3 is 5.97 Å². The second kappa shape index (κ2) is 11.5. The summed E-state index contributed by atoms with van der Waals surface area (Å²) in [6.07, 6.45) is 1.55. The van der Waals surface area contributed by atoms with E-state index in [0.717, 1.165) is 39.1 Å². The molecule has 1 heterocycles. The molecule has 0 spiro atoms. The Morgan fingerprint density at radius 2 is 1.79 bits per heavy atom. The van der Waals surface area contributed by atoms with Crippen LogP contribution in [0.15, 0.2) is 24.3 Å². The van der Waals surface area contributed by atoms with Crippen LogP contribution in [0.4, 0.5) is 0 Å². The van der Waals surface area contributed by atoms with E-state index in [9.17, 15) is 9.59 Å². The minimum atomic E-state index is -0.590. The fourth-order valence-corrected chi connectivity index (χ4v) is 3.55. The first-order valence-electron chi connectivity index (χ1n) is 10.2. The van der Waals surface area contributed by atoms with Crippen LogP contribution in [0.5, 0.6) is 0 Å². The molecule has 1 N–H and O–H groups in total. The van der Waals surface area contributed by atoms with Crippen LogP contribution < -0.4 is 5.32 Å². The van der Waals surface area contributed by atoms with Crippen molar-refractivity contribution < 1.29 is 14.3 Å². The highest BCUT2D eigenvalue weighted by Gasteiger charge is 2.24. The molecule has 158 valence electrons. The van der Waals surface area contributed by atoms with Crippen LogP contribution in [0.2, 0.25) is 0 Å². The Morgan fingerprint density at radius 3 is 2.41 bits per heavy atom. The lowest BCUT2D eigenvalue weighted by Gasteiger charge is -2.23. The third-order valence-electron chi connectivity index (χ3n) is 5.07. The SMILES string of the molecule is COC(=O)C(CC(C)C)NC(=O)CN1CCCN(Cc2ccc(C#N)cc2)CC1. The van der Waals surface area contributed by atoms with Crippen molar-refractivity contribution in [1.29, 1.82) is 5.26 Å². The highest BCUT2D eigenvalue weighted by molar-refractivity contribution is 5.85. The first kappa shape index (κ1) is 22.9. The summed E-state index contributed by atoms with van der Waals surface area (Å²) in [4.78, 5) is 28.9. The number of amides is 1. The van der Waals surface area contributed by atoms with E-state index < -0.39 is 12.0 Å². The molecular weight excluding hydrogens is 368 g/mol. The van der Waals surface area contributed by atoms with Crippen LogP contribution in [-0.4, -0.2) is 67.6 Å². The van der Waals surface area contributed by atoms with Gasteiger partial charge in [-0.15, -0.1) is 0 Å². The Bertz CT molecular complexity index is 712. The standard InChI is InChI=1S/C22H32N4O3/c1-17(2)13-20(22(28)29-3)24-21(27)16-26-10-4-9-25(11-12-26)15-19-7-5-18(14-23)6-8-19/h5-8,17,20H,4,9-13,15-16H2,1-3H3,(H,24,27). The average Bonchev–Trinajstić information content (AvgIpc) is 2.92. The molecule has 1 unspecified atom stereocenters. The van der Waals surface area contributed by atoms with Crippen molar-refractivity contribution in [3.63, 3.8) is 0 Å². The third kappa shape index (κ3) is 7.84. The first-order valence-corrected chi connectivity index (χ1v) is 10.2. The Kier molecular flexibility index (Phi) is 9.10. The quantitative estimate of drug-likeness (QED) is 0.670. The number of carbonyl (C=O) groups is 2. The smallest absolute Gasteiger partial charge is 0.328 e. The molecule has 1 saturated heterocycles. The molecule has 7 heteroatoms. The van der Waals surface area contributed by atoms with Crippen LogP contribution >= 0.6 is 0 Å². The van der Waals surface area contributed by atoms with Crippen LogP contribution in [-0.2, 0) is 20.9 Å². The predicted octanol–water partition coefficient (Wildman–Crippen LogP) is 1.77. The second-order valence-electron chi connectivity index (χ2n) is 7.99. The van der Waals surface area contributed by atoms with Gasteiger partial charge in [-0.2, -0.15) is 5.26 Å². The number of carbonyl (C=O) groups excluding carboxylic acids is 2. The molecule has 0 radical (unpaired) electrons. The van der Waals surface area contributed by atoms with E-state index in [1.54, 1.807) is 0 Å². The monoisotopic (exact) mass is 400 g/mol. The number of benzene rings is 1. The molecule has 1 fully saturated rings. The van der Waals surface area contributed by atoms with Gasteiger partial charge in [0.05, 0.1) is 25.3 Å². The van der Waals surface area contributed by atoms with Crippen LogP contribution in [0.25, 0.3) is 0 Å². The summed E-state index contributed by atoms with van der Waals surface area (Å²) in [6.45, 7) is 8.65. The zero-order chi connectivity index (χ0) is 21.2. The summed E-state index contributed by atoms with van der Waals surface area (Å²) in [5.41, 5.74) is 1.86. The van der Waals surface area contributed by atoms with E-state index >= 15 is 0 Å². The summed E-state index contributed by atoms with van der Waals surface area (Å²) < 4.78 is 4.82. The minimum absolute atomic E-state index is 0.137. The second-order valence-corrected chi connectivity index (χ2v) is 7.99. The fraction of sp³-hybridized carbons (Fsp3) is 0.591. The predicted molar refractivity (Wildman–Crippen MR) is 111 cm³/mol. The number of nitrogens with zero attached hydrogens (tertiary/aromatic N) is 3. The lowest BCUT2D eigenvalue weighted by atomic mass is 10.0. The largest absolute Gasteiger partial charge is 0.467 e. The van der Waals surface area contributed by atoms with Crippen molar-refractivity contribution in [3.05, 3.63) is 35.4 Å². The molecule has 1 aliphatic heterocycles. The highest BCUT2D eigenvalue weighted by Crippen LogP contribution is 2.11. The fourth-order valence-electron chi connectivity index (χ4n) is 3.55. The Morgan fingerprint density at radius 1 is 1.14 bits per heavy atom. The Labute approximate surface area is 173 Å². The molecule has 0 bridgehead atoms. The molecular formula is C22H32N4O3. The van der Waals surface area contributed by atoms with E-state index in [0.29, 0.717) is 12.0 Å². The maximum Gasteiger partial charge on any atom is 0.328 e. The number of methoxy groups -OCH3 is 1. The molecule has 1 atom stereocenters. The normalized spacial score (nSPS) is 16.7. The van der Waals surface area contributed by atoms with Crippen molar-refractivity contribution in [3.8, 4) is 6.07 Å². The van der Waals surface area contributed by atoms with Gasteiger partial charge in [0.1, 0.15) is 6.04 Å². The van der Waals surface area contributed by atoms with Crippen molar-refractivity contribution in [2.24, 2.45) is 5.92 Å². The molecule has 0 aliphatic carbocycles. The van der Waals surface area contributed by atoms with Gasteiger partial charge in [0.15, 0.2) is 0 Å². The number of hydrogen-bond donors (Lipinski definition) is 1. The molecule has 2 rings (SSSR count). The number of esters is 1. The van der Waals surface area contributed by atoms with E-state index in [-0.39, 0.29) is 18.4 Å². The summed E-state index contributed by atoms with van der Waals surface area (Å²) in [6, 6.07) is 9.23. The topological polar surface area (TPSA) is 85.7 Å². The lowest BCUT2D eigenvalue weighted by Crippen LogP contribution is -2.47. The van der Waals surface area contributed by atoms with E-state index in [1.807, 2.05) is 38.1 Å². The van der Waals surface area contributed by atoms with Gasteiger partial charge in [0.2, 0.25) is 5.91 Å². The molecule has 7 nitrogen and oxygen atoms in total. The van der Waals surface area contributed by atoms with Gasteiger partial charge in [0.25, 0.3) is 0 Å². The molecule has 1 aliphatic rings. The minimum Gasteiger partial charge on any atom is -0.467 e. The van der Waals surface area contributed by atoms with Gasteiger partial charge < -0.3 is 10.1 Å². The molecule has 0 aromatic heterocycles. The zero-order valence-corrected chi connectivity index (χ0v) is 17.7. The number of hydrogen-bond acceptors (Lipinski definition) is 6. The van der Waals surface area contributed by atoms with Gasteiger partial charge in [0, 0.05) is 19.6 Å². The van der Waals surface area contributed by atoms with Gasteiger partial charge in [-0.3, -0.25) is 14.6 Å². The van der Waals surface area contributed by atoms with Crippen LogP contribution in [0, 0.1) is 17.2 Å². The van der Waals surface area contributed by atoms with Crippen molar-refractivity contribution in [2.45, 2.75) is 39.3 Å². The van der Waals surface area contributed by atoms with Crippen LogP contribution in [0.3, 0.4) is 0 Å². The maximum absolute atomic E-state index is 12.5. The van der Waals surface area contributed by atoms with Crippen molar-refractivity contribution in [1.82, 2.24) is 15.1 Å². The average molecular weight is 401 g/mol. The van der Waals surface area contributed by atoms with Crippen molar-refractivity contribution >= 4 is 11.9 Å². The summed E-state index contributed by atoms with van der Waals surface area (Å²) in [5, 5.41) is 11.7. The van der Waals surface area contributed by atoms with Crippen LogP contribution in [0.1, 0.15) is 37.8 Å². The highest BCUT2D eigenvalue weighted by atomic mass is 16.5. The van der Waals surface area contributed by atoms with E-state index in [4.69, 9.17) is 10.00 Å². The summed E-state index contributed by atoms with van der Waals surface area (Å²) in [7, 11) is 1.35. The maximum atomic E-state index is 12.5. The van der Waals surface area contributed by atoms with Gasteiger partial charge in [-0.05, 0) is 49.5 Å². The molecule has 1 amide bonds.